The molecule has 0 amide bonds. The van der Waals surface area contributed by atoms with Gasteiger partial charge < -0.3 is 10.4 Å². The molecule has 0 saturated heterocycles. The largest absolute Gasteiger partial charge is 0.478 e. The molecule has 0 aliphatic heterocycles. The minimum Gasteiger partial charge on any atom is -0.478 e. The minimum atomic E-state index is -1.28. The topological polar surface area (TPSA) is 105 Å². The summed E-state index contributed by atoms with van der Waals surface area (Å²) in [5.41, 5.74) is 0.320. The van der Waals surface area contributed by atoms with E-state index in [9.17, 15) is 14.9 Å². The van der Waals surface area contributed by atoms with Gasteiger partial charge in [0.1, 0.15) is 17.6 Å². The number of hydrogen-bond acceptors (Lipinski definition) is 5. The number of carbonyl (C=O) groups is 1. The molecule has 2 rings (SSSR count). The molecule has 0 unspecified atom stereocenters. The predicted molar refractivity (Wildman–Crippen MR) is 79.3 cm³/mol. The average molecular weight is 352 g/mol. The number of anilines is 1. The van der Waals surface area contributed by atoms with Crippen molar-refractivity contribution in [1.29, 1.82) is 0 Å². The van der Waals surface area contributed by atoms with Gasteiger partial charge in [-0.3, -0.25) is 10.1 Å². The molecule has 2 aromatic rings. The van der Waals surface area contributed by atoms with E-state index in [-0.39, 0.29) is 17.1 Å². The number of nitrogens with one attached hydrogen (secondary N) is 1. The Hall–Kier alpha value is -2.48. The Morgan fingerprint density at radius 3 is 2.81 bits per heavy atom. The Labute approximate surface area is 127 Å². The number of rotatable bonds is 5. The Morgan fingerprint density at radius 2 is 2.19 bits per heavy atom. The molecule has 7 nitrogen and oxygen atoms in total. The number of carboxylic acids is 1. The quantitative estimate of drug-likeness (QED) is 0.633. The molecular weight excluding hydrogens is 342 g/mol. The third kappa shape index (κ3) is 3.76. The van der Waals surface area contributed by atoms with Crippen molar-refractivity contribution in [2.75, 3.05) is 5.32 Å². The summed E-state index contributed by atoms with van der Waals surface area (Å²) < 4.78 is 0.900. The standard InChI is InChI=1S/C13H10BrN3O4/c14-9-3-1-2-8(4-9)6-15-12-11(13(18)19)5-10(7-16-12)17(20)21/h1-5,7H,6H2,(H,15,16)(H,18,19). The van der Waals surface area contributed by atoms with E-state index in [0.717, 1.165) is 22.3 Å². The van der Waals surface area contributed by atoms with Crippen molar-refractivity contribution in [2.45, 2.75) is 6.54 Å². The van der Waals surface area contributed by atoms with Crippen LogP contribution in [-0.2, 0) is 6.54 Å². The molecule has 0 fully saturated rings. The van der Waals surface area contributed by atoms with Gasteiger partial charge >= 0.3 is 5.97 Å². The summed E-state index contributed by atoms with van der Waals surface area (Å²) in [6.07, 6.45) is 1.02. The van der Waals surface area contributed by atoms with Crippen LogP contribution in [0.4, 0.5) is 11.5 Å². The van der Waals surface area contributed by atoms with E-state index in [1.54, 1.807) is 0 Å². The minimum absolute atomic E-state index is 0.0908. The number of hydrogen-bond donors (Lipinski definition) is 2. The molecule has 0 saturated carbocycles. The number of aromatic nitrogens is 1. The first kappa shape index (κ1) is 14.9. The number of aromatic carboxylic acids is 1. The van der Waals surface area contributed by atoms with Crippen LogP contribution in [0, 0.1) is 10.1 Å². The summed E-state index contributed by atoms with van der Waals surface area (Å²) in [7, 11) is 0. The highest BCUT2D eigenvalue weighted by molar-refractivity contribution is 9.10. The van der Waals surface area contributed by atoms with E-state index >= 15 is 0 Å². The lowest BCUT2D eigenvalue weighted by atomic mass is 10.2. The van der Waals surface area contributed by atoms with Gasteiger partial charge in [0, 0.05) is 17.1 Å². The third-order valence-electron chi connectivity index (χ3n) is 2.66. The van der Waals surface area contributed by atoms with Gasteiger partial charge in [0.2, 0.25) is 0 Å². The molecule has 1 heterocycles. The van der Waals surface area contributed by atoms with Crippen LogP contribution >= 0.6 is 15.9 Å². The van der Waals surface area contributed by atoms with Gasteiger partial charge in [-0.2, -0.15) is 0 Å². The summed E-state index contributed by atoms with van der Waals surface area (Å²) in [4.78, 5) is 24.9. The zero-order chi connectivity index (χ0) is 15.4. The number of pyridine rings is 1. The fourth-order valence-corrected chi connectivity index (χ4v) is 2.14. The van der Waals surface area contributed by atoms with Crippen molar-refractivity contribution in [1.82, 2.24) is 4.98 Å². The third-order valence-corrected chi connectivity index (χ3v) is 3.16. The van der Waals surface area contributed by atoms with Crippen LogP contribution in [0.3, 0.4) is 0 Å². The average Bonchev–Trinajstić information content (AvgIpc) is 2.44. The molecule has 0 bridgehead atoms. The van der Waals surface area contributed by atoms with E-state index in [2.05, 4.69) is 26.2 Å². The SMILES string of the molecule is O=C(O)c1cc([N+](=O)[O-])cnc1NCc1cccc(Br)c1. The van der Waals surface area contributed by atoms with Gasteiger partial charge in [-0.15, -0.1) is 0 Å². The van der Waals surface area contributed by atoms with E-state index in [4.69, 9.17) is 5.11 Å². The zero-order valence-electron chi connectivity index (χ0n) is 10.6. The van der Waals surface area contributed by atoms with Crippen molar-refractivity contribution in [2.24, 2.45) is 0 Å². The maximum atomic E-state index is 11.2. The van der Waals surface area contributed by atoms with E-state index in [0.29, 0.717) is 6.54 Å². The Morgan fingerprint density at radius 1 is 1.43 bits per heavy atom. The summed E-state index contributed by atoms with van der Waals surface area (Å²) in [6.45, 7) is 0.352. The lowest BCUT2D eigenvalue weighted by Crippen LogP contribution is -2.09. The van der Waals surface area contributed by atoms with Crippen molar-refractivity contribution in [3.63, 3.8) is 0 Å². The lowest BCUT2D eigenvalue weighted by molar-refractivity contribution is -0.385. The van der Waals surface area contributed by atoms with E-state index < -0.39 is 10.9 Å². The zero-order valence-corrected chi connectivity index (χ0v) is 12.2. The van der Waals surface area contributed by atoms with Crippen LogP contribution in [0.2, 0.25) is 0 Å². The maximum absolute atomic E-state index is 11.2. The molecule has 21 heavy (non-hydrogen) atoms. The number of nitrogens with zero attached hydrogens (tertiary/aromatic N) is 2. The number of benzene rings is 1. The van der Waals surface area contributed by atoms with Gasteiger partial charge in [0.15, 0.2) is 0 Å². The Bertz CT molecular complexity index is 706. The number of halogens is 1. The van der Waals surface area contributed by atoms with E-state index in [1.807, 2.05) is 24.3 Å². The van der Waals surface area contributed by atoms with Gasteiger partial charge in [-0.05, 0) is 17.7 Å². The highest BCUT2D eigenvalue weighted by atomic mass is 79.9. The highest BCUT2D eigenvalue weighted by Crippen LogP contribution is 2.20. The van der Waals surface area contributed by atoms with Gasteiger partial charge in [-0.1, -0.05) is 28.1 Å². The molecule has 0 radical (unpaired) electrons. The number of carboxylic acid groups (broad SMARTS) is 1. The lowest BCUT2D eigenvalue weighted by Gasteiger charge is -2.08. The second-order valence-corrected chi connectivity index (χ2v) is 5.05. The fraction of sp³-hybridized carbons (Fsp3) is 0.0769. The van der Waals surface area contributed by atoms with Crippen molar-refractivity contribution < 1.29 is 14.8 Å². The van der Waals surface area contributed by atoms with Crippen LogP contribution in [0.15, 0.2) is 41.0 Å². The molecule has 0 atom stereocenters. The summed E-state index contributed by atoms with van der Waals surface area (Å²) in [6, 6.07) is 8.44. The van der Waals surface area contributed by atoms with Gasteiger partial charge in [0.05, 0.1) is 4.92 Å². The molecule has 0 aliphatic carbocycles. The smallest absolute Gasteiger partial charge is 0.339 e. The van der Waals surface area contributed by atoms with Crippen molar-refractivity contribution in [3.05, 3.63) is 62.2 Å². The van der Waals surface area contributed by atoms with Crippen LogP contribution in [0.5, 0.6) is 0 Å². The molecular formula is C13H10BrN3O4. The second-order valence-electron chi connectivity index (χ2n) is 4.14. The highest BCUT2D eigenvalue weighted by Gasteiger charge is 2.17. The van der Waals surface area contributed by atoms with Crippen LogP contribution < -0.4 is 5.32 Å². The summed E-state index contributed by atoms with van der Waals surface area (Å²) in [5.74, 6) is -1.18. The van der Waals surface area contributed by atoms with Crippen LogP contribution in [0.1, 0.15) is 15.9 Å². The van der Waals surface area contributed by atoms with Crippen molar-refractivity contribution in [3.8, 4) is 0 Å². The first-order valence-corrected chi connectivity index (χ1v) is 6.62. The van der Waals surface area contributed by atoms with Crippen LogP contribution in [-0.4, -0.2) is 21.0 Å². The van der Waals surface area contributed by atoms with Gasteiger partial charge in [-0.25, -0.2) is 9.78 Å². The maximum Gasteiger partial charge on any atom is 0.339 e. The first-order chi connectivity index (χ1) is 9.97. The monoisotopic (exact) mass is 351 g/mol. The molecule has 2 N–H and O–H groups in total. The molecule has 108 valence electrons. The molecule has 8 heteroatoms. The predicted octanol–water partition coefficient (Wildman–Crippen LogP) is 3.06. The first-order valence-electron chi connectivity index (χ1n) is 5.83. The van der Waals surface area contributed by atoms with E-state index in [1.165, 1.54) is 0 Å². The molecule has 1 aromatic carbocycles. The van der Waals surface area contributed by atoms with Crippen LogP contribution in [0.25, 0.3) is 0 Å². The Balaban J connectivity index is 2.23. The summed E-state index contributed by atoms with van der Waals surface area (Å²) in [5, 5.41) is 22.6. The summed E-state index contributed by atoms with van der Waals surface area (Å²) >= 11 is 3.34. The van der Waals surface area contributed by atoms with Crippen molar-refractivity contribution >= 4 is 33.4 Å². The Kier molecular flexibility index (Phi) is 4.49. The molecule has 0 spiro atoms. The normalized spacial score (nSPS) is 10.1. The fourth-order valence-electron chi connectivity index (χ4n) is 1.69. The molecule has 1 aromatic heterocycles. The number of nitro groups is 1. The van der Waals surface area contributed by atoms with Gasteiger partial charge in [0.25, 0.3) is 5.69 Å². The molecule has 0 aliphatic rings. The second kappa shape index (κ2) is 6.31.